The molecule has 2 aliphatic carbocycles. The number of nitrogens with two attached hydrogens (primary N) is 1. The standard InChI is InChI=1S/C16H30N2O2/c1-13(2,3)20-12(19)18-15(9-7-6-8-10-15)16(17)11-14(16,4)5/h6-11,17H2,1-5H3,(H,18,19). The normalized spacial score (nSPS) is 31.5. The van der Waals surface area contributed by atoms with Gasteiger partial charge < -0.3 is 15.8 Å². The van der Waals surface area contributed by atoms with Gasteiger partial charge in [-0.15, -0.1) is 0 Å². The van der Waals surface area contributed by atoms with Crippen molar-refractivity contribution in [3.8, 4) is 0 Å². The summed E-state index contributed by atoms with van der Waals surface area (Å²) in [5.74, 6) is 0. The molecule has 0 heterocycles. The summed E-state index contributed by atoms with van der Waals surface area (Å²) in [5, 5.41) is 3.16. The molecule has 116 valence electrons. The Bertz CT molecular complexity index is 392. The molecule has 0 aromatic carbocycles. The van der Waals surface area contributed by atoms with E-state index in [1.54, 1.807) is 0 Å². The van der Waals surface area contributed by atoms with E-state index < -0.39 is 5.60 Å². The van der Waals surface area contributed by atoms with E-state index in [-0.39, 0.29) is 22.6 Å². The van der Waals surface area contributed by atoms with Gasteiger partial charge in [-0.3, -0.25) is 0 Å². The maximum atomic E-state index is 12.2. The number of amides is 1. The predicted octanol–water partition coefficient (Wildman–Crippen LogP) is 3.34. The first-order valence-electron chi connectivity index (χ1n) is 7.82. The number of nitrogens with one attached hydrogen (secondary N) is 1. The second-order valence-electron chi connectivity index (χ2n) is 8.30. The molecular formula is C16H30N2O2. The largest absolute Gasteiger partial charge is 0.444 e. The summed E-state index contributed by atoms with van der Waals surface area (Å²) in [6, 6.07) is 0. The van der Waals surface area contributed by atoms with E-state index in [0.717, 1.165) is 32.1 Å². The summed E-state index contributed by atoms with van der Waals surface area (Å²) < 4.78 is 5.45. The van der Waals surface area contributed by atoms with Gasteiger partial charge in [-0.25, -0.2) is 4.79 Å². The van der Waals surface area contributed by atoms with Crippen molar-refractivity contribution in [3.63, 3.8) is 0 Å². The molecule has 1 amide bonds. The van der Waals surface area contributed by atoms with Crippen LogP contribution in [0.3, 0.4) is 0 Å². The van der Waals surface area contributed by atoms with Gasteiger partial charge in [0.1, 0.15) is 5.60 Å². The maximum Gasteiger partial charge on any atom is 0.408 e. The quantitative estimate of drug-likeness (QED) is 0.816. The average molecular weight is 282 g/mol. The lowest BCUT2D eigenvalue weighted by Gasteiger charge is -2.45. The number of hydrogen-bond donors (Lipinski definition) is 2. The van der Waals surface area contributed by atoms with Gasteiger partial charge in [-0.05, 0) is 45.4 Å². The molecule has 4 nitrogen and oxygen atoms in total. The Labute approximate surface area is 122 Å². The summed E-state index contributed by atoms with van der Waals surface area (Å²) in [5.41, 5.74) is 5.71. The summed E-state index contributed by atoms with van der Waals surface area (Å²) in [6.07, 6.45) is 6.06. The lowest BCUT2D eigenvalue weighted by molar-refractivity contribution is 0.0365. The second-order valence-corrected chi connectivity index (χ2v) is 8.30. The molecule has 2 rings (SSSR count). The molecule has 0 radical (unpaired) electrons. The highest BCUT2D eigenvalue weighted by atomic mass is 16.6. The monoisotopic (exact) mass is 282 g/mol. The summed E-state index contributed by atoms with van der Waals surface area (Å²) in [4.78, 5) is 12.2. The van der Waals surface area contributed by atoms with Crippen molar-refractivity contribution in [2.24, 2.45) is 11.1 Å². The lowest BCUT2D eigenvalue weighted by Crippen LogP contribution is -2.65. The zero-order valence-electron chi connectivity index (χ0n) is 13.6. The summed E-state index contributed by atoms with van der Waals surface area (Å²) >= 11 is 0. The van der Waals surface area contributed by atoms with E-state index in [2.05, 4.69) is 19.2 Å². The van der Waals surface area contributed by atoms with Crippen LogP contribution in [0.25, 0.3) is 0 Å². The van der Waals surface area contributed by atoms with Gasteiger partial charge >= 0.3 is 6.09 Å². The lowest BCUT2D eigenvalue weighted by atomic mass is 9.72. The molecule has 0 aliphatic heterocycles. The highest BCUT2D eigenvalue weighted by Crippen LogP contribution is 2.62. The average Bonchev–Trinajstić information content (AvgIpc) is 2.78. The number of carbonyl (C=O) groups is 1. The van der Waals surface area contributed by atoms with Crippen LogP contribution in [-0.4, -0.2) is 22.8 Å². The van der Waals surface area contributed by atoms with Crippen molar-refractivity contribution in [3.05, 3.63) is 0 Å². The number of ether oxygens (including phenoxy) is 1. The van der Waals surface area contributed by atoms with E-state index in [4.69, 9.17) is 10.5 Å². The van der Waals surface area contributed by atoms with Gasteiger partial charge in [-0.2, -0.15) is 0 Å². The van der Waals surface area contributed by atoms with Crippen molar-refractivity contribution in [1.29, 1.82) is 0 Å². The topological polar surface area (TPSA) is 64.3 Å². The van der Waals surface area contributed by atoms with Crippen molar-refractivity contribution < 1.29 is 9.53 Å². The molecule has 0 bridgehead atoms. The Hall–Kier alpha value is -0.770. The van der Waals surface area contributed by atoms with Crippen LogP contribution in [0, 0.1) is 5.41 Å². The van der Waals surface area contributed by atoms with Crippen LogP contribution in [0.4, 0.5) is 4.79 Å². The fraction of sp³-hybridized carbons (Fsp3) is 0.938. The van der Waals surface area contributed by atoms with Gasteiger partial charge in [0.25, 0.3) is 0 Å². The first-order valence-corrected chi connectivity index (χ1v) is 7.82. The Kier molecular flexibility index (Phi) is 3.61. The molecule has 0 saturated heterocycles. The molecule has 0 aromatic rings. The van der Waals surface area contributed by atoms with Gasteiger partial charge in [0.05, 0.1) is 5.54 Å². The highest BCUT2D eigenvalue weighted by Gasteiger charge is 2.69. The molecule has 2 fully saturated rings. The summed E-state index contributed by atoms with van der Waals surface area (Å²) in [7, 11) is 0. The highest BCUT2D eigenvalue weighted by molar-refractivity contribution is 5.69. The number of hydrogen-bond acceptors (Lipinski definition) is 3. The third-order valence-electron chi connectivity index (χ3n) is 5.10. The molecule has 1 atom stereocenters. The predicted molar refractivity (Wildman–Crippen MR) is 80.5 cm³/mol. The van der Waals surface area contributed by atoms with Crippen molar-refractivity contribution >= 4 is 6.09 Å². The maximum absolute atomic E-state index is 12.2. The van der Waals surface area contributed by atoms with Crippen LogP contribution in [-0.2, 0) is 4.74 Å². The molecule has 0 spiro atoms. The first kappa shape index (κ1) is 15.6. The SMILES string of the molecule is CC(C)(C)OC(=O)NC1(C2(N)CC2(C)C)CCCCC1. The van der Waals surface area contributed by atoms with Gasteiger partial charge in [0.2, 0.25) is 0 Å². The number of carbonyl (C=O) groups excluding carboxylic acids is 1. The molecule has 4 heteroatoms. The molecule has 2 saturated carbocycles. The fourth-order valence-corrected chi connectivity index (χ4v) is 3.81. The van der Waals surface area contributed by atoms with Crippen LogP contribution in [0.5, 0.6) is 0 Å². The Morgan fingerprint density at radius 2 is 1.65 bits per heavy atom. The first-order chi connectivity index (χ1) is 9.02. The Balaban J connectivity index is 2.15. The van der Waals surface area contributed by atoms with Gasteiger partial charge in [-0.1, -0.05) is 33.1 Å². The third kappa shape index (κ3) is 2.67. The Morgan fingerprint density at radius 1 is 1.15 bits per heavy atom. The zero-order chi connectivity index (χ0) is 15.2. The molecule has 0 aromatic heterocycles. The number of alkyl carbamates (subject to hydrolysis) is 1. The van der Waals surface area contributed by atoms with Crippen molar-refractivity contribution in [1.82, 2.24) is 5.32 Å². The minimum absolute atomic E-state index is 0.0966. The van der Waals surface area contributed by atoms with Crippen LogP contribution in [0.1, 0.15) is 73.1 Å². The van der Waals surface area contributed by atoms with Crippen molar-refractivity contribution in [2.75, 3.05) is 0 Å². The molecule has 2 aliphatic rings. The molecule has 20 heavy (non-hydrogen) atoms. The fourth-order valence-electron chi connectivity index (χ4n) is 3.81. The minimum Gasteiger partial charge on any atom is -0.444 e. The van der Waals surface area contributed by atoms with Crippen LogP contribution < -0.4 is 11.1 Å². The van der Waals surface area contributed by atoms with Gasteiger partial charge in [0, 0.05) is 5.54 Å². The van der Waals surface area contributed by atoms with E-state index >= 15 is 0 Å². The summed E-state index contributed by atoms with van der Waals surface area (Å²) in [6.45, 7) is 10.1. The van der Waals surface area contributed by atoms with E-state index in [1.165, 1.54) is 6.42 Å². The molecule has 3 N–H and O–H groups in total. The third-order valence-corrected chi connectivity index (χ3v) is 5.10. The smallest absolute Gasteiger partial charge is 0.408 e. The van der Waals surface area contributed by atoms with Crippen LogP contribution in [0.2, 0.25) is 0 Å². The van der Waals surface area contributed by atoms with E-state index in [0.29, 0.717) is 0 Å². The number of rotatable bonds is 2. The molecular weight excluding hydrogens is 252 g/mol. The van der Waals surface area contributed by atoms with E-state index in [9.17, 15) is 4.79 Å². The molecule has 1 unspecified atom stereocenters. The van der Waals surface area contributed by atoms with Gasteiger partial charge in [0.15, 0.2) is 0 Å². The van der Waals surface area contributed by atoms with Crippen LogP contribution >= 0.6 is 0 Å². The minimum atomic E-state index is -0.471. The van der Waals surface area contributed by atoms with E-state index in [1.807, 2.05) is 20.8 Å². The second kappa shape index (κ2) is 4.62. The Morgan fingerprint density at radius 3 is 2.05 bits per heavy atom. The zero-order valence-corrected chi connectivity index (χ0v) is 13.6. The van der Waals surface area contributed by atoms with Crippen molar-refractivity contribution in [2.45, 2.75) is 89.8 Å². The van der Waals surface area contributed by atoms with Crippen LogP contribution in [0.15, 0.2) is 0 Å².